The monoisotopic (exact) mass is 224 g/mol. The molecule has 0 bridgehead atoms. The molecule has 0 aromatic carbocycles. The maximum atomic E-state index is 9.15. The van der Waals surface area contributed by atoms with Crippen molar-refractivity contribution in [1.29, 1.82) is 0 Å². The SMILES string of the molecule is COc1cc(NCC2CC(O)C2)nc(N)n1. The van der Waals surface area contributed by atoms with Crippen LogP contribution >= 0.6 is 0 Å². The van der Waals surface area contributed by atoms with Gasteiger partial charge in [0.15, 0.2) is 0 Å². The highest BCUT2D eigenvalue weighted by Crippen LogP contribution is 2.27. The largest absolute Gasteiger partial charge is 0.481 e. The second-order valence-electron chi connectivity index (χ2n) is 4.03. The van der Waals surface area contributed by atoms with Crippen LogP contribution in [0.4, 0.5) is 11.8 Å². The highest BCUT2D eigenvalue weighted by atomic mass is 16.5. The van der Waals surface area contributed by atoms with Crippen molar-refractivity contribution in [2.45, 2.75) is 18.9 Å². The van der Waals surface area contributed by atoms with Gasteiger partial charge in [0.25, 0.3) is 0 Å². The fraction of sp³-hybridized carbons (Fsp3) is 0.600. The maximum Gasteiger partial charge on any atom is 0.225 e. The summed E-state index contributed by atoms with van der Waals surface area (Å²) in [5.41, 5.74) is 5.53. The molecule has 0 unspecified atom stereocenters. The number of nitrogens with one attached hydrogen (secondary N) is 1. The molecule has 6 nitrogen and oxygen atoms in total. The quantitative estimate of drug-likeness (QED) is 0.679. The molecule has 1 aliphatic carbocycles. The summed E-state index contributed by atoms with van der Waals surface area (Å²) in [4.78, 5) is 7.93. The molecule has 0 amide bonds. The molecule has 1 aromatic rings. The van der Waals surface area contributed by atoms with E-state index in [2.05, 4.69) is 15.3 Å². The molecule has 6 heteroatoms. The fourth-order valence-corrected chi connectivity index (χ4v) is 1.75. The van der Waals surface area contributed by atoms with Crippen molar-refractivity contribution in [2.75, 3.05) is 24.7 Å². The Morgan fingerprint density at radius 2 is 2.31 bits per heavy atom. The number of aliphatic hydroxyl groups excluding tert-OH is 1. The molecule has 1 heterocycles. The number of methoxy groups -OCH3 is 1. The standard InChI is InChI=1S/C10H16N4O2/c1-16-9-4-8(13-10(11)14-9)12-5-6-2-7(15)3-6/h4,6-7,15H,2-3,5H2,1H3,(H3,11,12,13,14). The summed E-state index contributed by atoms with van der Waals surface area (Å²) in [6, 6.07) is 1.70. The minimum Gasteiger partial charge on any atom is -0.481 e. The van der Waals surface area contributed by atoms with Crippen LogP contribution in [0.5, 0.6) is 5.88 Å². The number of rotatable bonds is 4. The Bertz CT molecular complexity index is 366. The van der Waals surface area contributed by atoms with E-state index in [1.165, 1.54) is 7.11 Å². The van der Waals surface area contributed by atoms with E-state index < -0.39 is 0 Å². The van der Waals surface area contributed by atoms with Gasteiger partial charge in [-0.3, -0.25) is 0 Å². The first-order valence-electron chi connectivity index (χ1n) is 5.28. The van der Waals surface area contributed by atoms with Crippen LogP contribution in [0.25, 0.3) is 0 Å². The molecular formula is C10H16N4O2. The number of aliphatic hydroxyl groups is 1. The topological polar surface area (TPSA) is 93.3 Å². The molecule has 16 heavy (non-hydrogen) atoms. The molecule has 1 aromatic heterocycles. The Balaban J connectivity index is 1.90. The third-order valence-corrected chi connectivity index (χ3v) is 2.71. The third kappa shape index (κ3) is 2.52. The molecule has 1 aliphatic rings. The van der Waals surface area contributed by atoms with Gasteiger partial charge >= 0.3 is 0 Å². The van der Waals surface area contributed by atoms with E-state index in [9.17, 15) is 0 Å². The van der Waals surface area contributed by atoms with Gasteiger partial charge in [0, 0.05) is 12.6 Å². The lowest BCUT2D eigenvalue weighted by Gasteiger charge is -2.31. The second-order valence-corrected chi connectivity index (χ2v) is 4.03. The third-order valence-electron chi connectivity index (χ3n) is 2.71. The predicted octanol–water partition coefficient (Wildman–Crippen LogP) is 0.250. The Labute approximate surface area is 93.9 Å². The van der Waals surface area contributed by atoms with Crippen LogP contribution in [-0.2, 0) is 0 Å². The highest BCUT2D eigenvalue weighted by molar-refractivity contribution is 5.42. The molecule has 0 spiro atoms. The number of aromatic nitrogens is 2. The summed E-state index contributed by atoms with van der Waals surface area (Å²) >= 11 is 0. The van der Waals surface area contributed by atoms with E-state index in [4.69, 9.17) is 15.6 Å². The summed E-state index contributed by atoms with van der Waals surface area (Å²) in [7, 11) is 1.54. The summed E-state index contributed by atoms with van der Waals surface area (Å²) in [6.07, 6.45) is 1.58. The van der Waals surface area contributed by atoms with E-state index in [1.54, 1.807) is 6.07 Å². The molecule has 0 atom stereocenters. The lowest BCUT2D eigenvalue weighted by Crippen LogP contribution is -2.33. The second kappa shape index (κ2) is 4.52. The summed E-state index contributed by atoms with van der Waals surface area (Å²) in [6.45, 7) is 0.788. The number of hydrogen-bond donors (Lipinski definition) is 3. The lowest BCUT2D eigenvalue weighted by atomic mass is 9.82. The van der Waals surface area contributed by atoms with Gasteiger partial charge in [0.1, 0.15) is 5.82 Å². The van der Waals surface area contributed by atoms with Gasteiger partial charge in [-0.15, -0.1) is 0 Å². The Kier molecular flexibility index (Phi) is 3.09. The van der Waals surface area contributed by atoms with Crippen LogP contribution in [0.3, 0.4) is 0 Å². The van der Waals surface area contributed by atoms with Gasteiger partial charge in [0.2, 0.25) is 11.8 Å². The molecule has 4 N–H and O–H groups in total. The molecular weight excluding hydrogens is 208 g/mol. The lowest BCUT2D eigenvalue weighted by molar-refractivity contribution is 0.0486. The first-order chi connectivity index (χ1) is 7.67. The highest BCUT2D eigenvalue weighted by Gasteiger charge is 2.26. The zero-order valence-electron chi connectivity index (χ0n) is 9.18. The van der Waals surface area contributed by atoms with Crippen LogP contribution in [0.2, 0.25) is 0 Å². The van der Waals surface area contributed by atoms with Gasteiger partial charge in [-0.05, 0) is 18.8 Å². The van der Waals surface area contributed by atoms with Crippen LogP contribution in [0, 0.1) is 5.92 Å². The van der Waals surface area contributed by atoms with E-state index in [0.717, 1.165) is 19.4 Å². The predicted molar refractivity (Wildman–Crippen MR) is 60.2 cm³/mol. The number of nitrogens with zero attached hydrogens (tertiary/aromatic N) is 2. The summed E-state index contributed by atoms with van der Waals surface area (Å²) < 4.78 is 4.99. The van der Waals surface area contributed by atoms with Gasteiger partial charge < -0.3 is 20.9 Å². The van der Waals surface area contributed by atoms with Crippen LogP contribution in [0.15, 0.2) is 6.07 Å². The average molecular weight is 224 g/mol. The van der Waals surface area contributed by atoms with E-state index in [-0.39, 0.29) is 12.1 Å². The van der Waals surface area contributed by atoms with Crippen molar-refractivity contribution in [3.63, 3.8) is 0 Å². The zero-order chi connectivity index (χ0) is 11.5. The van der Waals surface area contributed by atoms with Crippen LogP contribution in [0.1, 0.15) is 12.8 Å². The number of nitrogens with two attached hydrogens (primary N) is 1. The van der Waals surface area contributed by atoms with Gasteiger partial charge in [-0.1, -0.05) is 0 Å². The first kappa shape index (κ1) is 10.9. The van der Waals surface area contributed by atoms with E-state index in [1.807, 2.05) is 0 Å². The van der Waals surface area contributed by atoms with Crippen molar-refractivity contribution in [1.82, 2.24) is 9.97 Å². The number of nitrogen functional groups attached to an aromatic ring is 1. The molecule has 0 saturated heterocycles. The van der Waals surface area contributed by atoms with Gasteiger partial charge in [-0.2, -0.15) is 9.97 Å². The minimum atomic E-state index is -0.128. The van der Waals surface area contributed by atoms with E-state index >= 15 is 0 Å². The van der Waals surface area contributed by atoms with Gasteiger partial charge in [-0.25, -0.2) is 0 Å². The Morgan fingerprint density at radius 3 is 2.94 bits per heavy atom. The maximum absolute atomic E-state index is 9.15. The van der Waals surface area contributed by atoms with Crippen molar-refractivity contribution in [2.24, 2.45) is 5.92 Å². The van der Waals surface area contributed by atoms with Crippen LogP contribution < -0.4 is 15.8 Å². The molecule has 1 fully saturated rings. The van der Waals surface area contributed by atoms with Crippen molar-refractivity contribution >= 4 is 11.8 Å². The normalized spacial score (nSPS) is 23.6. The summed E-state index contributed by atoms with van der Waals surface area (Å²) in [5, 5.41) is 12.3. The average Bonchev–Trinajstić information content (AvgIpc) is 2.22. The summed E-state index contributed by atoms with van der Waals surface area (Å²) in [5.74, 6) is 1.81. The molecule has 0 radical (unpaired) electrons. The minimum absolute atomic E-state index is 0.128. The number of hydrogen-bond acceptors (Lipinski definition) is 6. The first-order valence-corrected chi connectivity index (χ1v) is 5.28. The zero-order valence-corrected chi connectivity index (χ0v) is 9.18. The number of anilines is 2. The van der Waals surface area contributed by atoms with Crippen molar-refractivity contribution in [3.05, 3.63) is 6.07 Å². The fourth-order valence-electron chi connectivity index (χ4n) is 1.75. The van der Waals surface area contributed by atoms with Gasteiger partial charge in [0.05, 0.1) is 13.2 Å². The molecule has 0 aliphatic heterocycles. The molecule has 1 saturated carbocycles. The van der Waals surface area contributed by atoms with Crippen molar-refractivity contribution in [3.8, 4) is 5.88 Å². The van der Waals surface area contributed by atoms with Crippen molar-refractivity contribution < 1.29 is 9.84 Å². The number of ether oxygens (including phenoxy) is 1. The Morgan fingerprint density at radius 1 is 1.56 bits per heavy atom. The smallest absolute Gasteiger partial charge is 0.225 e. The molecule has 2 rings (SSSR count). The molecule has 88 valence electrons. The van der Waals surface area contributed by atoms with E-state index in [0.29, 0.717) is 17.6 Å². The Hall–Kier alpha value is -1.56. The van der Waals surface area contributed by atoms with Crippen LogP contribution in [-0.4, -0.2) is 34.8 Å².